The summed E-state index contributed by atoms with van der Waals surface area (Å²) in [6, 6.07) is 11.9. The molecule has 4 nitrogen and oxygen atoms in total. The van der Waals surface area contributed by atoms with Crippen molar-refractivity contribution in [2.75, 3.05) is 26.2 Å². The Morgan fingerprint density at radius 3 is 2.46 bits per heavy atom. The van der Waals surface area contributed by atoms with Crippen LogP contribution in [0.3, 0.4) is 0 Å². The Morgan fingerprint density at radius 2 is 1.81 bits per heavy atom. The second kappa shape index (κ2) is 7.24. The van der Waals surface area contributed by atoms with Gasteiger partial charge in [-0.1, -0.05) is 41.4 Å². The van der Waals surface area contributed by atoms with Crippen LogP contribution in [0.1, 0.15) is 15.4 Å². The second-order valence-corrected chi connectivity index (χ2v) is 8.69. The molecule has 136 valence electrons. The summed E-state index contributed by atoms with van der Waals surface area (Å²) in [6.07, 6.45) is 0. The van der Waals surface area contributed by atoms with Crippen molar-refractivity contribution in [2.24, 2.45) is 7.05 Å². The molecule has 7 heteroatoms. The zero-order valence-electron chi connectivity index (χ0n) is 14.4. The Bertz CT molecular complexity index is 918. The molecule has 0 atom stereocenters. The number of hydrogen-bond acceptors (Lipinski definition) is 3. The molecule has 0 N–H and O–H groups in total. The number of para-hydroxylation sites is 1. The minimum Gasteiger partial charge on any atom is -0.338 e. The zero-order valence-corrected chi connectivity index (χ0v) is 16.7. The molecule has 0 unspecified atom stereocenters. The van der Waals surface area contributed by atoms with Crippen LogP contribution in [-0.2, 0) is 13.6 Å². The molecule has 1 saturated heterocycles. The number of amides is 1. The number of hydrogen-bond donors (Lipinski definition) is 0. The summed E-state index contributed by atoms with van der Waals surface area (Å²) in [4.78, 5) is 18.6. The highest BCUT2D eigenvalue weighted by Gasteiger charge is 2.27. The average molecular weight is 408 g/mol. The van der Waals surface area contributed by atoms with Gasteiger partial charge >= 0.3 is 0 Å². The summed E-state index contributed by atoms with van der Waals surface area (Å²) in [5.41, 5.74) is 1.56. The first-order valence-corrected chi connectivity index (χ1v) is 10.1. The van der Waals surface area contributed by atoms with Gasteiger partial charge in [0.15, 0.2) is 0 Å². The first kappa shape index (κ1) is 17.9. The van der Waals surface area contributed by atoms with Crippen LogP contribution in [0.5, 0.6) is 0 Å². The van der Waals surface area contributed by atoms with Crippen molar-refractivity contribution in [2.45, 2.75) is 6.54 Å². The average Bonchev–Trinajstić information content (AvgIpc) is 3.17. The van der Waals surface area contributed by atoms with Gasteiger partial charge in [-0.05, 0) is 18.2 Å². The Balaban J connectivity index is 1.47. The van der Waals surface area contributed by atoms with Crippen molar-refractivity contribution in [1.29, 1.82) is 0 Å². The molecule has 1 amide bonds. The van der Waals surface area contributed by atoms with Gasteiger partial charge in [-0.2, -0.15) is 0 Å². The fourth-order valence-corrected chi connectivity index (χ4v) is 5.00. The van der Waals surface area contributed by atoms with E-state index >= 15 is 0 Å². The molecular formula is C19H19Cl2N3OS. The normalized spacial score (nSPS) is 15.7. The van der Waals surface area contributed by atoms with Crippen molar-refractivity contribution in [3.63, 3.8) is 0 Å². The molecule has 1 aromatic carbocycles. The molecule has 3 aromatic rings. The SMILES string of the molecule is Cn1c(C(=O)N2CCN(Cc3ccc(Cl)s3)CC2)c(Cl)c2ccccc21. The summed E-state index contributed by atoms with van der Waals surface area (Å²) >= 11 is 14.1. The van der Waals surface area contributed by atoms with Crippen LogP contribution in [0.25, 0.3) is 10.9 Å². The second-order valence-electron chi connectivity index (χ2n) is 6.51. The molecule has 0 radical (unpaired) electrons. The van der Waals surface area contributed by atoms with Crippen LogP contribution >= 0.6 is 34.5 Å². The minimum absolute atomic E-state index is 0.00696. The van der Waals surface area contributed by atoms with Crippen LogP contribution in [0.2, 0.25) is 9.36 Å². The Labute approximate surface area is 166 Å². The Morgan fingerprint density at radius 1 is 1.08 bits per heavy atom. The van der Waals surface area contributed by atoms with Gasteiger partial charge in [0.2, 0.25) is 0 Å². The van der Waals surface area contributed by atoms with E-state index in [0.717, 1.165) is 34.9 Å². The number of halogens is 2. The Hall–Kier alpha value is -1.53. The molecule has 2 aromatic heterocycles. The lowest BCUT2D eigenvalue weighted by atomic mass is 10.2. The van der Waals surface area contributed by atoms with E-state index < -0.39 is 0 Å². The number of rotatable bonds is 3. The van der Waals surface area contributed by atoms with Gasteiger partial charge in [0.25, 0.3) is 5.91 Å². The van der Waals surface area contributed by atoms with Crippen LogP contribution in [0.15, 0.2) is 36.4 Å². The van der Waals surface area contributed by atoms with E-state index in [1.54, 1.807) is 11.3 Å². The first-order chi connectivity index (χ1) is 12.5. The standard InChI is InChI=1S/C19H19Cl2N3OS/c1-22-15-5-3-2-4-14(15)17(21)18(22)19(25)24-10-8-23(9-11-24)12-13-6-7-16(20)26-13/h2-7H,8-12H2,1H3. The predicted molar refractivity (Wildman–Crippen MR) is 108 cm³/mol. The fraction of sp³-hybridized carbons (Fsp3) is 0.316. The number of carbonyl (C=O) groups is 1. The van der Waals surface area contributed by atoms with Crippen LogP contribution < -0.4 is 0 Å². The fourth-order valence-electron chi connectivity index (χ4n) is 3.50. The molecule has 4 rings (SSSR count). The molecule has 0 saturated carbocycles. The molecule has 0 aliphatic carbocycles. The molecule has 0 bridgehead atoms. The third-order valence-corrected chi connectivity index (χ3v) is 6.51. The molecule has 1 fully saturated rings. The lowest BCUT2D eigenvalue weighted by Crippen LogP contribution is -2.48. The van der Waals surface area contributed by atoms with E-state index in [1.807, 2.05) is 46.8 Å². The molecule has 1 aliphatic rings. The van der Waals surface area contributed by atoms with Crippen molar-refractivity contribution in [3.8, 4) is 0 Å². The number of benzene rings is 1. The Kier molecular flexibility index (Phi) is 4.97. The van der Waals surface area contributed by atoms with E-state index in [2.05, 4.69) is 11.0 Å². The number of fused-ring (bicyclic) bond motifs is 1. The smallest absolute Gasteiger partial charge is 0.272 e. The van der Waals surface area contributed by atoms with Crippen molar-refractivity contribution >= 4 is 51.3 Å². The maximum atomic E-state index is 13.1. The van der Waals surface area contributed by atoms with Gasteiger partial charge < -0.3 is 9.47 Å². The van der Waals surface area contributed by atoms with E-state index in [4.69, 9.17) is 23.2 Å². The lowest BCUT2D eigenvalue weighted by molar-refractivity contribution is 0.0621. The minimum atomic E-state index is 0.00696. The highest BCUT2D eigenvalue weighted by Crippen LogP contribution is 2.31. The zero-order chi connectivity index (χ0) is 18.3. The third-order valence-electron chi connectivity index (χ3n) is 4.92. The topological polar surface area (TPSA) is 28.5 Å². The van der Waals surface area contributed by atoms with Crippen molar-refractivity contribution in [1.82, 2.24) is 14.4 Å². The summed E-state index contributed by atoms with van der Waals surface area (Å²) in [7, 11) is 1.90. The first-order valence-electron chi connectivity index (χ1n) is 8.53. The van der Waals surface area contributed by atoms with Gasteiger partial charge in [0.1, 0.15) is 5.69 Å². The maximum Gasteiger partial charge on any atom is 0.272 e. The summed E-state index contributed by atoms with van der Waals surface area (Å²) < 4.78 is 2.72. The number of nitrogens with zero attached hydrogens (tertiary/aromatic N) is 3. The third kappa shape index (κ3) is 3.25. The molecule has 26 heavy (non-hydrogen) atoms. The van der Waals surface area contributed by atoms with E-state index in [0.29, 0.717) is 23.8 Å². The van der Waals surface area contributed by atoms with Gasteiger partial charge in [0.05, 0.1) is 9.36 Å². The molecule has 1 aliphatic heterocycles. The van der Waals surface area contributed by atoms with Crippen LogP contribution in [-0.4, -0.2) is 46.5 Å². The lowest BCUT2D eigenvalue weighted by Gasteiger charge is -2.34. The summed E-state index contributed by atoms with van der Waals surface area (Å²) in [5.74, 6) is 0.00696. The van der Waals surface area contributed by atoms with Gasteiger partial charge in [0, 0.05) is 55.6 Å². The van der Waals surface area contributed by atoms with Gasteiger partial charge in [-0.25, -0.2) is 0 Å². The maximum absolute atomic E-state index is 13.1. The van der Waals surface area contributed by atoms with E-state index in [1.165, 1.54) is 4.88 Å². The van der Waals surface area contributed by atoms with E-state index in [9.17, 15) is 4.79 Å². The van der Waals surface area contributed by atoms with Crippen molar-refractivity contribution in [3.05, 3.63) is 56.3 Å². The number of carbonyl (C=O) groups excluding carboxylic acids is 1. The number of thiophene rings is 1. The van der Waals surface area contributed by atoms with E-state index in [-0.39, 0.29) is 5.91 Å². The van der Waals surface area contributed by atoms with Crippen molar-refractivity contribution < 1.29 is 4.79 Å². The quantitative estimate of drug-likeness (QED) is 0.638. The summed E-state index contributed by atoms with van der Waals surface area (Å²) in [5, 5.41) is 1.47. The number of aryl methyl sites for hydroxylation is 1. The largest absolute Gasteiger partial charge is 0.338 e. The monoisotopic (exact) mass is 407 g/mol. The highest BCUT2D eigenvalue weighted by atomic mass is 35.5. The number of piperazine rings is 1. The van der Waals surface area contributed by atoms with Crippen LogP contribution in [0.4, 0.5) is 0 Å². The summed E-state index contributed by atoms with van der Waals surface area (Å²) in [6.45, 7) is 3.99. The molecule has 3 heterocycles. The molecular weight excluding hydrogens is 389 g/mol. The predicted octanol–water partition coefficient (Wildman–Crippen LogP) is 4.50. The highest BCUT2D eigenvalue weighted by molar-refractivity contribution is 7.16. The van der Waals surface area contributed by atoms with Crippen LogP contribution in [0, 0.1) is 0 Å². The molecule has 0 spiro atoms. The van der Waals surface area contributed by atoms with Gasteiger partial charge in [-0.15, -0.1) is 11.3 Å². The number of aromatic nitrogens is 1. The van der Waals surface area contributed by atoms with Gasteiger partial charge in [-0.3, -0.25) is 9.69 Å².